The lowest BCUT2D eigenvalue weighted by atomic mass is 10.1. The van der Waals surface area contributed by atoms with Gasteiger partial charge < -0.3 is 4.90 Å². The number of nitrogens with zero attached hydrogens (tertiary/aromatic N) is 2. The van der Waals surface area contributed by atoms with Crippen molar-refractivity contribution in [3.05, 3.63) is 74.8 Å². The van der Waals surface area contributed by atoms with Crippen molar-refractivity contribution in [1.82, 2.24) is 4.90 Å². The summed E-state index contributed by atoms with van der Waals surface area (Å²) in [5.74, 6) is 0.748. The normalized spacial score (nSPS) is 17.6. The smallest absolute Gasteiger partial charge is 0.273 e. The Labute approximate surface area is 161 Å². The second kappa shape index (κ2) is 8.56. The molecule has 0 spiro atoms. The minimum Gasteiger partial charge on any atom is -0.342 e. The van der Waals surface area contributed by atoms with Crippen LogP contribution in [0.2, 0.25) is 5.02 Å². The summed E-state index contributed by atoms with van der Waals surface area (Å²) in [5.41, 5.74) is 1.56. The Balaban J connectivity index is 1.67. The number of thioether (sulfide) groups is 1. The maximum atomic E-state index is 12.7. The molecule has 1 fully saturated rings. The standard InChI is InChI=1S/C19H19ClN2O3S/c20-16-7-3-2-6-15(16)18-9-10-21(11-12-26-18)19(23)13-14-5-1-4-8-17(14)22(24)25/h1-8,18H,9-13H2. The first kappa shape index (κ1) is 18.7. The van der Waals surface area contributed by atoms with Crippen LogP contribution in [0, 0.1) is 10.1 Å². The highest BCUT2D eigenvalue weighted by atomic mass is 35.5. The Morgan fingerprint density at radius 3 is 2.69 bits per heavy atom. The second-order valence-electron chi connectivity index (χ2n) is 6.11. The predicted molar refractivity (Wildman–Crippen MR) is 105 cm³/mol. The predicted octanol–water partition coefficient (Wildman–Crippen LogP) is 4.50. The number of para-hydroxylation sites is 1. The third-order valence-corrected chi connectivity index (χ3v) is 6.13. The molecule has 1 saturated heterocycles. The van der Waals surface area contributed by atoms with Gasteiger partial charge in [-0.3, -0.25) is 14.9 Å². The fourth-order valence-electron chi connectivity index (χ4n) is 3.12. The summed E-state index contributed by atoms with van der Waals surface area (Å²) in [6, 6.07) is 14.2. The molecule has 7 heteroatoms. The van der Waals surface area contributed by atoms with Gasteiger partial charge in [-0.05, 0) is 18.1 Å². The van der Waals surface area contributed by atoms with Gasteiger partial charge in [-0.15, -0.1) is 0 Å². The Bertz CT molecular complexity index is 815. The summed E-state index contributed by atoms with van der Waals surface area (Å²) in [4.78, 5) is 25.2. The van der Waals surface area contributed by atoms with Gasteiger partial charge >= 0.3 is 0 Å². The average Bonchev–Trinajstić information content (AvgIpc) is 2.88. The van der Waals surface area contributed by atoms with E-state index >= 15 is 0 Å². The van der Waals surface area contributed by atoms with Crippen LogP contribution in [0.4, 0.5) is 5.69 Å². The Hall–Kier alpha value is -2.05. The molecule has 2 aromatic rings. The fraction of sp³-hybridized carbons (Fsp3) is 0.316. The number of halogens is 1. The molecule has 136 valence electrons. The van der Waals surface area contributed by atoms with Gasteiger partial charge in [-0.1, -0.05) is 48.0 Å². The zero-order valence-electron chi connectivity index (χ0n) is 14.1. The van der Waals surface area contributed by atoms with Crippen molar-refractivity contribution in [2.24, 2.45) is 0 Å². The summed E-state index contributed by atoms with van der Waals surface area (Å²) in [7, 11) is 0. The van der Waals surface area contributed by atoms with Crippen LogP contribution in [0.1, 0.15) is 22.8 Å². The Kier molecular flexibility index (Phi) is 6.16. The van der Waals surface area contributed by atoms with Crippen LogP contribution in [0.25, 0.3) is 0 Å². The Morgan fingerprint density at radius 2 is 1.92 bits per heavy atom. The van der Waals surface area contributed by atoms with Crippen LogP contribution in [0.3, 0.4) is 0 Å². The van der Waals surface area contributed by atoms with Crippen LogP contribution in [0.15, 0.2) is 48.5 Å². The van der Waals surface area contributed by atoms with Crippen LogP contribution in [0.5, 0.6) is 0 Å². The fourth-order valence-corrected chi connectivity index (χ4v) is 4.72. The van der Waals surface area contributed by atoms with Gasteiger partial charge in [0, 0.05) is 40.7 Å². The molecule has 0 saturated carbocycles. The van der Waals surface area contributed by atoms with Crippen molar-refractivity contribution < 1.29 is 9.72 Å². The van der Waals surface area contributed by atoms with Crippen molar-refractivity contribution in [2.45, 2.75) is 18.1 Å². The molecular formula is C19H19ClN2O3S. The van der Waals surface area contributed by atoms with Crippen molar-refractivity contribution in [3.8, 4) is 0 Å². The highest BCUT2D eigenvalue weighted by molar-refractivity contribution is 7.99. The van der Waals surface area contributed by atoms with E-state index in [1.54, 1.807) is 34.9 Å². The molecule has 1 unspecified atom stereocenters. The quantitative estimate of drug-likeness (QED) is 0.569. The second-order valence-corrected chi connectivity index (χ2v) is 7.83. The molecule has 5 nitrogen and oxygen atoms in total. The summed E-state index contributed by atoms with van der Waals surface area (Å²) in [5, 5.41) is 12.1. The first-order valence-corrected chi connectivity index (χ1v) is 9.85. The highest BCUT2D eigenvalue weighted by Gasteiger charge is 2.25. The third kappa shape index (κ3) is 4.37. The number of nitro benzene ring substituents is 1. The maximum Gasteiger partial charge on any atom is 0.273 e. The summed E-state index contributed by atoms with van der Waals surface area (Å²) in [6.07, 6.45) is 0.871. The molecule has 0 bridgehead atoms. The molecular weight excluding hydrogens is 372 g/mol. The Morgan fingerprint density at radius 1 is 1.19 bits per heavy atom. The number of hydrogen-bond acceptors (Lipinski definition) is 4. The monoisotopic (exact) mass is 390 g/mol. The number of rotatable bonds is 4. The van der Waals surface area contributed by atoms with Gasteiger partial charge in [0.25, 0.3) is 5.69 Å². The van der Waals surface area contributed by atoms with E-state index in [2.05, 4.69) is 0 Å². The summed E-state index contributed by atoms with van der Waals surface area (Å²) < 4.78 is 0. The van der Waals surface area contributed by atoms with E-state index in [-0.39, 0.29) is 23.3 Å². The molecule has 0 N–H and O–H groups in total. The molecule has 0 aliphatic carbocycles. The topological polar surface area (TPSA) is 63.4 Å². The van der Waals surface area contributed by atoms with Crippen LogP contribution in [-0.2, 0) is 11.2 Å². The molecule has 2 aromatic carbocycles. The number of carbonyl (C=O) groups excluding carboxylic acids is 1. The molecule has 0 aromatic heterocycles. The lowest BCUT2D eigenvalue weighted by molar-refractivity contribution is -0.385. The van der Waals surface area contributed by atoms with Crippen LogP contribution < -0.4 is 0 Å². The summed E-state index contributed by atoms with van der Waals surface area (Å²) >= 11 is 8.11. The number of carbonyl (C=O) groups is 1. The van der Waals surface area contributed by atoms with E-state index in [9.17, 15) is 14.9 Å². The first-order valence-electron chi connectivity index (χ1n) is 8.42. The van der Waals surface area contributed by atoms with Crippen LogP contribution in [-0.4, -0.2) is 34.6 Å². The van der Waals surface area contributed by atoms with E-state index in [4.69, 9.17) is 11.6 Å². The lowest BCUT2D eigenvalue weighted by Crippen LogP contribution is -2.34. The minimum absolute atomic E-state index is 0.000934. The largest absolute Gasteiger partial charge is 0.342 e. The number of hydrogen-bond donors (Lipinski definition) is 0. The van der Waals surface area contributed by atoms with Gasteiger partial charge in [0.05, 0.1) is 11.3 Å². The van der Waals surface area contributed by atoms with Gasteiger partial charge in [0.1, 0.15) is 0 Å². The molecule has 3 rings (SSSR count). The van der Waals surface area contributed by atoms with E-state index < -0.39 is 4.92 Å². The van der Waals surface area contributed by atoms with Gasteiger partial charge in [-0.25, -0.2) is 0 Å². The van der Waals surface area contributed by atoms with Crippen molar-refractivity contribution in [3.63, 3.8) is 0 Å². The number of benzene rings is 2. The summed E-state index contributed by atoms with van der Waals surface area (Å²) in [6.45, 7) is 1.27. The van der Waals surface area contributed by atoms with Crippen molar-refractivity contribution in [2.75, 3.05) is 18.8 Å². The molecule has 26 heavy (non-hydrogen) atoms. The number of amides is 1. The van der Waals surface area contributed by atoms with E-state index in [0.29, 0.717) is 18.7 Å². The highest BCUT2D eigenvalue weighted by Crippen LogP contribution is 2.37. The zero-order valence-corrected chi connectivity index (χ0v) is 15.7. The molecule has 0 radical (unpaired) electrons. The molecule has 1 heterocycles. The molecule has 1 amide bonds. The van der Waals surface area contributed by atoms with Gasteiger partial charge in [0.2, 0.25) is 5.91 Å². The average molecular weight is 391 g/mol. The van der Waals surface area contributed by atoms with Gasteiger partial charge in [-0.2, -0.15) is 11.8 Å². The number of nitro groups is 1. The van der Waals surface area contributed by atoms with E-state index in [1.165, 1.54) is 6.07 Å². The third-order valence-electron chi connectivity index (χ3n) is 4.48. The molecule has 1 aliphatic rings. The lowest BCUT2D eigenvalue weighted by Gasteiger charge is -2.20. The van der Waals surface area contributed by atoms with E-state index in [0.717, 1.165) is 22.8 Å². The SMILES string of the molecule is O=C(Cc1ccccc1[N+](=O)[O-])N1CCSC(c2ccccc2Cl)CC1. The van der Waals surface area contributed by atoms with Crippen LogP contribution >= 0.6 is 23.4 Å². The first-order chi connectivity index (χ1) is 12.6. The minimum atomic E-state index is -0.436. The zero-order chi connectivity index (χ0) is 18.5. The molecule has 1 aliphatic heterocycles. The van der Waals surface area contributed by atoms with Gasteiger partial charge in [0.15, 0.2) is 0 Å². The maximum absolute atomic E-state index is 12.7. The van der Waals surface area contributed by atoms with E-state index in [1.807, 2.05) is 24.3 Å². The molecule has 1 atom stereocenters. The van der Waals surface area contributed by atoms with Crippen molar-refractivity contribution >= 4 is 35.0 Å². The van der Waals surface area contributed by atoms with Crippen molar-refractivity contribution in [1.29, 1.82) is 0 Å².